The first kappa shape index (κ1) is 20.7. The third kappa shape index (κ3) is 5.68. The summed E-state index contributed by atoms with van der Waals surface area (Å²) in [6, 6.07) is 7.08. The standard InChI is InChI=1S/C19H27N3O5/c1-4-27-16-8-6-5-7-14(16)12-22-10-9-20-19(25)15(22)11-17(23)21(2)13-18(24)26-3/h5-8,15H,4,9-13H2,1-3H3,(H,20,25)/t15-/m0/s1. The van der Waals surface area contributed by atoms with Crippen molar-refractivity contribution < 1.29 is 23.9 Å². The fourth-order valence-electron chi connectivity index (χ4n) is 2.99. The van der Waals surface area contributed by atoms with Gasteiger partial charge in [-0.2, -0.15) is 0 Å². The van der Waals surface area contributed by atoms with Gasteiger partial charge in [0.15, 0.2) is 0 Å². The van der Waals surface area contributed by atoms with E-state index in [1.165, 1.54) is 19.1 Å². The lowest BCUT2D eigenvalue weighted by Gasteiger charge is -2.35. The van der Waals surface area contributed by atoms with Gasteiger partial charge in [-0.25, -0.2) is 0 Å². The lowest BCUT2D eigenvalue weighted by atomic mass is 10.1. The van der Waals surface area contributed by atoms with Crippen LogP contribution in [-0.2, 0) is 25.7 Å². The van der Waals surface area contributed by atoms with Crippen molar-refractivity contribution in [2.24, 2.45) is 0 Å². The number of nitrogens with one attached hydrogen (secondary N) is 1. The Kier molecular flexibility index (Phi) is 7.60. The van der Waals surface area contributed by atoms with Gasteiger partial charge in [-0.1, -0.05) is 18.2 Å². The Morgan fingerprint density at radius 1 is 1.33 bits per heavy atom. The van der Waals surface area contributed by atoms with Crippen LogP contribution in [0.2, 0.25) is 0 Å². The smallest absolute Gasteiger partial charge is 0.325 e. The van der Waals surface area contributed by atoms with Gasteiger partial charge < -0.3 is 19.7 Å². The predicted molar refractivity (Wildman–Crippen MR) is 99.1 cm³/mol. The Morgan fingerprint density at radius 2 is 2.07 bits per heavy atom. The van der Waals surface area contributed by atoms with E-state index in [0.717, 1.165) is 11.3 Å². The molecular formula is C19H27N3O5. The average Bonchev–Trinajstić information content (AvgIpc) is 2.65. The minimum absolute atomic E-state index is 0.00384. The molecule has 1 aliphatic rings. The third-order valence-electron chi connectivity index (χ3n) is 4.48. The van der Waals surface area contributed by atoms with Crippen molar-refractivity contribution in [2.45, 2.75) is 25.9 Å². The monoisotopic (exact) mass is 377 g/mol. The highest BCUT2D eigenvalue weighted by molar-refractivity contribution is 5.90. The van der Waals surface area contributed by atoms with E-state index in [0.29, 0.717) is 26.2 Å². The van der Waals surface area contributed by atoms with E-state index in [1.807, 2.05) is 36.1 Å². The number of hydrogen-bond acceptors (Lipinski definition) is 6. The molecule has 1 fully saturated rings. The molecule has 1 saturated heterocycles. The van der Waals surface area contributed by atoms with Crippen molar-refractivity contribution >= 4 is 17.8 Å². The van der Waals surface area contributed by atoms with Crippen LogP contribution in [0.3, 0.4) is 0 Å². The van der Waals surface area contributed by atoms with E-state index in [-0.39, 0.29) is 24.8 Å². The number of nitrogens with zero attached hydrogens (tertiary/aromatic N) is 2. The van der Waals surface area contributed by atoms with Gasteiger partial charge in [0, 0.05) is 32.2 Å². The van der Waals surface area contributed by atoms with E-state index in [9.17, 15) is 14.4 Å². The number of carbonyl (C=O) groups excluding carboxylic acids is 3. The Hall–Kier alpha value is -2.61. The van der Waals surface area contributed by atoms with Crippen LogP contribution >= 0.6 is 0 Å². The number of amides is 2. The minimum Gasteiger partial charge on any atom is -0.494 e. The van der Waals surface area contributed by atoms with Crippen LogP contribution in [0.5, 0.6) is 5.75 Å². The summed E-state index contributed by atoms with van der Waals surface area (Å²) in [6.07, 6.45) is -0.00384. The Morgan fingerprint density at radius 3 is 2.78 bits per heavy atom. The molecule has 2 rings (SSSR count). The molecule has 1 aromatic rings. The van der Waals surface area contributed by atoms with Gasteiger partial charge >= 0.3 is 5.97 Å². The Labute approximate surface area is 159 Å². The molecular weight excluding hydrogens is 350 g/mol. The number of para-hydroxylation sites is 1. The van der Waals surface area contributed by atoms with Crippen LogP contribution in [0.4, 0.5) is 0 Å². The molecule has 0 bridgehead atoms. The highest BCUT2D eigenvalue weighted by Crippen LogP contribution is 2.22. The quantitative estimate of drug-likeness (QED) is 0.660. The zero-order valence-corrected chi connectivity index (χ0v) is 16.1. The van der Waals surface area contributed by atoms with Gasteiger partial charge in [-0.15, -0.1) is 0 Å². The third-order valence-corrected chi connectivity index (χ3v) is 4.48. The topological polar surface area (TPSA) is 88.2 Å². The van der Waals surface area contributed by atoms with Crippen LogP contribution in [0, 0.1) is 0 Å². The van der Waals surface area contributed by atoms with Gasteiger partial charge in [0.05, 0.1) is 26.2 Å². The van der Waals surface area contributed by atoms with Crippen LogP contribution in [-0.4, -0.2) is 74.0 Å². The molecule has 1 atom stereocenters. The first-order valence-electron chi connectivity index (χ1n) is 8.99. The highest BCUT2D eigenvalue weighted by Gasteiger charge is 2.33. The lowest BCUT2D eigenvalue weighted by Crippen LogP contribution is -2.56. The molecule has 1 aliphatic heterocycles. The largest absolute Gasteiger partial charge is 0.494 e. The van der Waals surface area contributed by atoms with Crippen LogP contribution in [0.25, 0.3) is 0 Å². The van der Waals surface area contributed by atoms with E-state index in [1.54, 1.807) is 0 Å². The number of piperazine rings is 1. The zero-order valence-electron chi connectivity index (χ0n) is 16.1. The maximum Gasteiger partial charge on any atom is 0.325 e. The summed E-state index contributed by atoms with van der Waals surface area (Å²) in [6.45, 7) is 3.99. The normalized spacial score (nSPS) is 17.1. The van der Waals surface area contributed by atoms with E-state index < -0.39 is 12.0 Å². The second kappa shape index (κ2) is 9.91. The minimum atomic E-state index is -0.596. The molecule has 0 aliphatic carbocycles. The Bertz CT molecular complexity index is 679. The molecule has 2 amide bonds. The number of esters is 1. The molecule has 8 heteroatoms. The summed E-state index contributed by atoms with van der Waals surface area (Å²) in [4.78, 5) is 39.5. The molecule has 1 N–H and O–H groups in total. The number of benzene rings is 1. The summed E-state index contributed by atoms with van der Waals surface area (Å²) in [5.41, 5.74) is 0.967. The molecule has 0 saturated carbocycles. The summed E-state index contributed by atoms with van der Waals surface area (Å²) >= 11 is 0. The molecule has 27 heavy (non-hydrogen) atoms. The van der Waals surface area contributed by atoms with Crippen molar-refractivity contribution in [3.05, 3.63) is 29.8 Å². The van der Waals surface area contributed by atoms with Gasteiger partial charge in [-0.05, 0) is 13.0 Å². The molecule has 0 aromatic heterocycles. The number of rotatable bonds is 8. The number of likely N-dealkylation sites (N-methyl/N-ethyl adjacent to an activating group) is 1. The Balaban J connectivity index is 2.09. The first-order valence-corrected chi connectivity index (χ1v) is 8.99. The van der Waals surface area contributed by atoms with Crippen molar-refractivity contribution in [3.8, 4) is 5.75 Å². The summed E-state index contributed by atoms with van der Waals surface area (Å²) in [7, 11) is 2.79. The number of carbonyl (C=O) groups is 3. The fourth-order valence-corrected chi connectivity index (χ4v) is 2.99. The zero-order chi connectivity index (χ0) is 19.8. The SMILES string of the molecule is CCOc1ccccc1CN1CCNC(=O)[C@@H]1CC(=O)N(C)CC(=O)OC. The second-order valence-electron chi connectivity index (χ2n) is 6.35. The molecule has 0 spiro atoms. The van der Waals surface area contributed by atoms with Crippen molar-refractivity contribution in [1.82, 2.24) is 15.1 Å². The summed E-state index contributed by atoms with van der Waals surface area (Å²) < 4.78 is 10.2. The van der Waals surface area contributed by atoms with E-state index >= 15 is 0 Å². The maximum atomic E-state index is 12.5. The number of methoxy groups -OCH3 is 1. The maximum absolute atomic E-state index is 12.5. The molecule has 148 valence electrons. The first-order chi connectivity index (χ1) is 13.0. The van der Waals surface area contributed by atoms with Crippen molar-refractivity contribution in [2.75, 3.05) is 40.4 Å². The summed E-state index contributed by atoms with van der Waals surface area (Å²) in [5.74, 6) is -0.194. The number of hydrogen-bond donors (Lipinski definition) is 1. The van der Waals surface area contributed by atoms with Crippen LogP contribution in [0.15, 0.2) is 24.3 Å². The van der Waals surface area contributed by atoms with Crippen molar-refractivity contribution in [1.29, 1.82) is 0 Å². The predicted octanol–water partition coefficient (Wildman–Crippen LogP) is 0.407. The van der Waals surface area contributed by atoms with E-state index in [4.69, 9.17) is 4.74 Å². The fraction of sp³-hybridized carbons (Fsp3) is 0.526. The van der Waals surface area contributed by atoms with Crippen LogP contribution in [0.1, 0.15) is 18.9 Å². The highest BCUT2D eigenvalue weighted by atomic mass is 16.5. The van der Waals surface area contributed by atoms with E-state index in [2.05, 4.69) is 10.1 Å². The lowest BCUT2D eigenvalue weighted by molar-refractivity contribution is -0.147. The average molecular weight is 377 g/mol. The van der Waals surface area contributed by atoms with Crippen molar-refractivity contribution in [3.63, 3.8) is 0 Å². The molecule has 1 aromatic carbocycles. The number of ether oxygens (including phenoxy) is 2. The molecule has 8 nitrogen and oxygen atoms in total. The molecule has 0 unspecified atom stereocenters. The molecule has 0 radical (unpaired) electrons. The van der Waals surface area contributed by atoms with Gasteiger partial charge in [0.1, 0.15) is 12.3 Å². The van der Waals surface area contributed by atoms with Gasteiger partial charge in [0.25, 0.3) is 0 Å². The summed E-state index contributed by atoms with van der Waals surface area (Å²) in [5, 5.41) is 2.81. The van der Waals surface area contributed by atoms with Gasteiger partial charge in [0.2, 0.25) is 11.8 Å². The van der Waals surface area contributed by atoms with Gasteiger partial charge in [-0.3, -0.25) is 19.3 Å². The van der Waals surface area contributed by atoms with Crippen LogP contribution < -0.4 is 10.1 Å². The molecule has 1 heterocycles. The second-order valence-corrected chi connectivity index (χ2v) is 6.35.